The van der Waals surface area contributed by atoms with Crippen molar-refractivity contribution < 1.29 is 4.74 Å². The van der Waals surface area contributed by atoms with Crippen LogP contribution in [-0.2, 0) is 4.74 Å². The zero-order chi connectivity index (χ0) is 6.81. The molecule has 0 N–H and O–H groups in total. The number of hydrogen-bond donors (Lipinski definition) is 0. The molecule has 1 heterocycles. The van der Waals surface area contributed by atoms with E-state index in [1.807, 2.05) is 0 Å². The summed E-state index contributed by atoms with van der Waals surface area (Å²) in [7, 11) is 0. The van der Waals surface area contributed by atoms with Crippen molar-refractivity contribution >= 4 is 0 Å². The van der Waals surface area contributed by atoms with Gasteiger partial charge in [-0.2, -0.15) is 0 Å². The molecule has 0 fully saturated rings. The van der Waals surface area contributed by atoms with Gasteiger partial charge in [0.1, 0.15) is 0 Å². The van der Waals surface area contributed by atoms with Crippen LogP contribution in [0.25, 0.3) is 0 Å². The van der Waals surface area contributed by atoms with E-state index in [1.165, 1.54) is 11.1 Å². The summed E-state index contributed by atoms with van der Waals surface area (Å²) in [6.45, 7) is 1.60. The Labute approximate surface area is 60.7 Å². The Morgan fingerprint density at radius 1 is 1.00 bits per heavy atom. The van der Waals surface area contributed by atoms with E-state index in [-0.39, 0.29) is 0 Å². The molecule has 52 valence electrons. The lowest BCUT2D eigenvalue weighted by Gasteiger charge is -1.88. The molecule has 2 rings (SSSR count). The average Bonchev–Trinajstić information content (AvgIpc) is 2.28. The minimum absolute atomic E-state index is 0.802. The highest BCUT2D eigenvalue weighted by Gasteiger charge is 2.10. The van der Waals surface area contributed by atoms with Gasteiger partial charge in [0, 0.05) is 0 Å². The normalized spacial score (nSPS) is 23.2. The van der Waals surface area contributed by atoms with Crippen LogP contribution in [-0.4, -0.2) is 13.2 Å². The lowest BCUT2D eigenvalue weighted by atomic mass is 10.1. The van der Waals surface area contributed by atoms with Crippen LogP contribution in [0.2, 0.25) is 0 Å². The van der Waals surface area contributed by atoms with Crippen molar-refractivity contribution in [2.24, 2.45) is 0 Å². The Morgan fingerprint density at radius 2 is 1.60 bits per heavy atom. The standard InChI is InChI=1S/C9H10O/c1-2-4-8-6-10-7-9(8)5-3-1/h2-5H,1,6-7H2. The van der Waals surface area contributed by atoms with Gasteiger partial charge in [-0.1, -0.05) is 24.3 Å². The van der Waals surface area contributed by atoms with Crippen molar-refractivity contribution in [1.29, 1.82) is 0 Å². The summed E-state index contributed by atoms with van der Waals surface area (Å²) in [5, 5.41) is 0. The van der Waals surface area contributed by atoms with E-state index >= 15 is 0 Å². The van der Waals surface area contributed by atoms with Gasteiger partial charge in [-0.25, -0.2) is 0 Å². The minimum atomic E-state index is 0.802. The number of allylic oxidation sites excluding steroid dienone is 2. The van der Waals surface area contributed by atoms with Gasteiger partial charge in [-0.15, -0.1) is 0 Å². The second kappa shape index (κ2) is 2.43. The van der Waals surface area contributed by atoms with E-state index in [1.54, 1.807) is 0 Å². The van der Waals surface area contributed by atoms with Crippen LogP contribution in [0, 0.1) is 0 Å². The molecule has 1 heteroatoms. The molecule has 0 aromatic carbocycles. The first-order chi connectivity index (χ1) is 4.97. The number of ether oxygens (including phenoxy) is 1. The Morgan fingerprint density at radius 3 is 2.20 bits per heavy atom. The SMILES string of the molecule is C1=CC2=C(C=CC1)COC2. The van der Waals surface area contributed by atoms with E-state index in [2.05, 4.69) is 24.3 Å². The average molecular weight is 134 g/mol. The van der Waals surface area contributed by atoms with Crippen LogP contribution < -0.4 is 0 Å². The second-order valence-electron chi connectivity index (χ2n) is 2.58. The van der Waals surface area contributed by atoms with Crippen molar-refractivity contribution in [2.45, 2.75) is 6.42 Å². The quantitative estimate of drug-likeness (QED) is 0.491. The van der Waals surface area contributed by atoms with E-state index in [4.69, 9.17) is 4.74 Å². The van der Waals surface area contributed by atoms with Gasteiger partial charge < -0.3 is 4.74 Å². The monoisotopic (exact) mass is 134 g/mol. The van der Waals surface area contributed by atoms with Crippen LogP contribution in [0.1, 0.15) is 6.42 Å². The van der Waals surface area contributed by atoms with Gasteiger partial charge in [0.15, 0.2) is 0 Å². The first-order valence-corrected chi connectivity index (χ1v) is 3.59. The largest absolute Gasteiger partial charge is 0.372 e. The van der Waals surface area contributed by atoms with Gasteiger partial charge in [0.2, 0.25) is 0 Å². The number of hydrogen-bond acceptors (Lipinski definition) is 1. The fourth-order valence-corrected chi connectivity index (χ4v) is 1.27. The lowest BCUT2D eigenvalue weighted by Crippen LogP contribution is -1.83. The van der Waals surface area contributed by atoms with Crippen LogP contribution >= 0.6 is 0 Å². The molecule has 0 saturated carbocycles. The topological polar surface area (TPSA) is 9.23 Å². The summed E-state index contributed by atoms with van der Waals surface area (Å²) < 4.78 is 5.27. The summed E-state index contributed by atoms with van der Waals surface area (Å²) in [5.74, 6) is 0. The predicted octanol–water partition coefficient (Wildman–Crippen LogP) is 1.83. The molecule has 0 radical (unpaired) electrons. The van der Waals surface area contributed by atoms with Gasteiger partial charge in [-0.05, 0) is 17.6 Å². The lowest BCUT2D eigenvalue weighted by molar-refractivity contribution is 0.207. The second-order valence-corrected chi connectivity index (χ2v) is 2.58. The molecule has 1 nitrogen and oxygen atoms in total. The van der Waals surface area contributed by atoms with Crippen molar-refractivity contribution in [3.8, 4) is 0 Å². The Hall–Kier alpha value is -0.820. The smallest absolute Gasteiger partial charge is 0.0724 e. The first-order valence-electron chi connectivity index (χ1n) is 3.59. The van der Waals surface area contributed by atoms with E-state index in [9.17, 15) is 0 Å². The molecule has 0 unspecified atom stereocenters. The molecule has 0 bridgehead atoms. The third-order valence-electron chi connectivity index (χ3n) is 1.84. The molecule has 1 aliphatic heterocycles. The molecular formula is C9H10O. The fourth-order valence-electron chi connectivity index (χ4n) is 1.27. The highest BCUT2D eigenvalue weighted by Crippen LogP contribution is 2.19. The van der Waals surface area contributed by atoms with Gasteiger partial charge in [0.05, 0.1) is 13.2 Å². The molecule has 1 aliphatic carbocycles. The van der Waals surface area contributed by atoms with Crippen molar-refractivity contribution in [2.75, 3.05) is 13.2 Å². The van der Waals surface area contributed by atoms with Crippen molar-refractivity contribution in [3.05, 3.63) is 35.5 Å². The molecular weight excluding hydrogens is 124 g/mol. The third kappa shape index (κ3) is 0.929. The van der Waals surface area contributed by atoms with Crippen molar-refractivity contribution in [3.63, 3.8) is 0 Å². The Balaban J connectivity index is 2.34. The van der Waals surface area contributed by atoms with E-state index < -0.39 is 0 Å². The first kappa shape index (κ1) is 5.93. The maximum absolute atomic E-state index is 5.27. The van der Waals surface area contributed by atoms with Gasteiger partial charge in [0.25, 0.3) is 0 Å². The number of rotatable bonds is 0. The molecule has 0 aromatic rings. The van der Waals surface area contributed by atoms with Gasteiger partial charge >= 0.3 is 0 Å². The molecule has 0 saturated heterocycles. The summed E-state index contributed by atoms with van der Waals surface area (Å²) in [6, 6.07) is 0. The highest BCUT2D eigenvalue weighted by atomic mass is 16.5. The molecule has 10 heavy (non-hydrogen) atoms. The summed E-state index contributed by atoms with van der Waals surface area (Å²) in [6.07, 6.45) is 9.75. The third-order valence-corrected chi connectivity index (χ3v) is 1.84. The van der Waals surface area contributed by atoms with Crippen LogP contribution in [0.3, 0.4) is 0 Å². The zero-order valence-electron chi connectivity index (χ0n) is 5.84. The van der Waals surface area contributed by atoms with Crippen LogP contribution in [0.15, 0.2) is 35.5 Å². The fraction of sp³-hybridized carbons (Fsp3) is 0.333. The molecule has 2 aliphatic rings. The Bertz CT molecular complexity index is 199. The van der Waals surface area contributed by atoms with Crippen LogP contribution in [0.5, 0.6) is 0 Å². The maximum atomic E-state index is 5.27. The summed E-state index contributed by atoms with van der Waals surface area (Å²) >= 11 is 0. The maximum Gasteiger partial charge on any atom is 0.0724 e. The van der Waals surface area contributed by atoms with Gasteiger partial charge in [-0.3, -0.25) is 0 Å². The molecule has 0 amide bonds. The van der Waals surface area contributed by atoms with E-state index in [0.717, 1.165) is 19.6 Å². The highest BCUT2D eigenvalue weighted by molar-refractivity contribution is 5.38. The summed E-state index contributed by atoms with van der Waals surface area (Å²) in [5.41, 5.74) is 2.71. The van der Waals surface area contributed by atoms with Crippen LogP contribution in [0.4, 0.5) is 0 Å². The molecule has 0 spiro atoms. The Kier molecular flexibility index (Phi) is 1.44. The summed E-state index contributed by atoms with van der Waals surface area (Å²) in [4.78, 5) is 0. The van der Waals surface area contributed by atoms with Crippen molar-refractivity contribution in [1.82, 2.24) is 0 Å². The zero-order valence-corrected chi connectivity index (χ0v) is 5.84. The molecule has 0 atom stereocenters. The predicted molar refractivity (Wildman–Crippen MR) is 40.7 cm³/mol. The molecule has 0 aromatic heterocycles. The van der Waals surface area contributed by atoms with E-state index in [0.29, 0.717) is 0 Å². The minimum Gasteiger partial charge on any atom is -0.372 e.